The quantitative estimate of drug-likeness (QED) is 0.575. The highest BCUT2D eigenvalue weighted by molar-refractivity contribution is 7.93. The van der Waals surface area contributed by atoms with Gasteiger partial charge in [-0.1, -0.05) is 0 Å². The molecule has 2 rings (SSSR count). The molecule has 4 N–H and O–H groups in total. The second-order valence-electron chi connectivity index (χ2n) is 6.17. The Labute approximate surface area is 166 Å². The largest absolute Gasteiger partial charge is 0.381 e. The first-order valence-corrected chi connectivity index (χ1v) is 10.0. The van der Waals surface area contributed by atoms with Gasteiger partial charge >= 0.3 is 0 Å². The lowest BCUT2D eigenvalue weighted by Crippen LogP contribution is -2.36. The molecular formula is C15H15F3N4O5S2. The number of nitrogens with two attached hydrogens (primary N) is 1. The molecule has 0 aliphatic rings. The highest BCUT2D eigenvalue weighted by Gasteiger charge is 2.35. The summed E-state index contributed by atoms with van der Waals surface area (Å²) in [7, 11) is -4.70. The lowest BCUT2D eigenvalue weighted by atomic mass is 10.1. The van der Waals surface area contributed by atoms with Crippen molar-refractivity contribution in [3.8, 4) is 0 Å². The number of anilines is 1. The fourth-order valence-corrected chi connectivity index (χ4v) is 4.80. The third-order valence-corrected chi connectivity index (χ3v) is 6.68. The van der Waals surface area contributed by atoms with Crippen LogP contribution in [0.3, 0.4) is 0 Å². The monoisotopic (exact) mass is 452 g/mol. The van der Waals surface area contributed by atoms with Gasteiger partial charge in [0.2, 0.25) is 16.0 Å². The fourth-order valence-electron chi connectivity index (χ4n) is 1.98. The number of halogens is 3. The molecule has 1 atom stereocenters. The SMILES string of the molecule is CC(C)(O)C(=O)Nc1sc(S(=O)(=O)c2nccnc2C(F)C(F)F)cc1C(N)=O. The minimum Gasteiger partial charge on any atom is -0.381 e. The smallest absolute Gasteiger partial charge is 0.275 e. The summed E-state index contributed by atoms with van der Waals surface area (Å²) in [4.78, 5) is 30.4. The van der Waals surface area contributed by atoms with Gasteiger partial charge in [-0.2, -0.15) is 0 Å². The van der Waals surface area contributed by atoms with E-state index in [2.05, 4.69) is 15.3 Å². The second kappa shape index (κ2) is 8.04. The summed E-state index contributed by atoms with van der Waals surface area (Å²) in [5.41, 5.74) is 1.81. The van der Waals surface area contributed by atoms with E-state index in [-0.39, 0.29) is 5.00 Å². The van der Waals surface area contributed by atoms with Crippen molar-refractivity contribution in [2.45, 2.75) is 41.3 Å². The first-order valence-electron chi connectivity index (χ1n) is 7.72. The van der Waals surface area contributed by atoms with Gasteiger partial charge in [-0.25, -0.2) is 26.6 Å². The number of rotatable bonds is 7. The zero-order valence-electron chi connectivity index (χ0n) is 14.9. The first kappa shape index (κ1) is 22.7. The van der Waals surface area contributed by atoms with Crippen molar-refractivity contribution < 1.29 is 36.3 Å². The number of carbonyl (C=O) groups excluding carboxylic acids is 2. The van der Waals surface area contributed by atoms with Crippen LogP contribution in [-0.4, -0.2) is 47.3 Å². The number of nitrogens with one attached hydrogen (secondary N) is 1. The number of hydrogen-bond acceptors (Lipinski definition) is 8. The van der Waals surface area contributed by atoms with E-state index >= 15 is 0 Å². The summed E-state index contributed by atoms with van der Waals surface area (Å²) >= 11 is 0.353. The average Bonchev–Trinajstić information content (AvgIpc) is 3.05. The third kappa shape index (κ3) is 4.71. The zero-order chi connectivity index (χ0) is 22.1. The molecular weight excluding hydrogens is 437 g/mol. The molecule has 9 nitrogen and oxygen atoms in total. The standard InChI is InChI=1S/C15H15F3N4O5S2/c1-15(2,25)14(24)22-12-6(11(19)23)5-7(28-12)29(26,27)13-9(8(16)10(17)18)20-3-4-21-13/h3-5,8,10,25H,1-2H3,(H2,19,23)(H,22,24). The van der Waals surface area contributed by atoms with Crippen molar-refractivity contribution in [2.24, 2.45) is 5.73 Å². The van der Waals surface area contributed by atoms with Gasteiger partial charge < -0.3 is 16.2 Å². The van der Waals surface area contributed by atoms with Gasteiger partial charge in [-0.3, -0.25) is 14.6 Å². The summed E-state index contributed by atoms with van der Waals surface area (Å²) in [5.74, 6) is -2.07. The molecule has 0 saturated heterocycles. The summed E-state index contributed by atoms with van der Waals surface area (Å²) in [6, 6.07) is 0.788. The van der Waals surface area contributed by atoms with Crippen LogP contribution in [0.5, 0.6) is 0 Å². The Morgan fingerprint density at radius 1 is 1.24 bits per heavy atom. The molecule has 2 aromatic rings. The van der Waals surface area contributed by atoms with E-state index in [0.717, 1.165) is 32.3 Å². The van der Waals surface area contributed by atoms with Crippen LogP contribution in [0.15, 0.2) is 27.7 Å². The first-order chi connectivity index (χ1) is 13.3. The Morgan fingerprint density at radius 3 is 2.34 bits per heavy atom. The van der Waals surface area contributed by atoms with Crippen LogP contribution in [0.2, 0.25) is 0 Å². The lowest BCUT2D eigenvalue weighted by molar-refractivity contribution is -0.130. The van der Waals surface area contributed by atoms with Gasteiger partial charge in [-0.15, -0.1) is 11.3 Å². The minimum absolute atomic E-state index is 0.306. The molecule has 29 heavy (non-hydrogen) atoms. The maximum atomic E-state index is 13.8. The van der Waals surface area contributed by atoms with Crippen LogP contribution in [0, 0.1) is 0 Å². The van der Waals surface area contributed by atoms with Crippen LogP contribution in [0.4, 0.5) is 18.2 Å². The van der Waals surface area contributed by atoms with Crippen LogP contribution in [0.1, 0.15) is 36.1 Å². The summed E-state index contributed by atoms with van der Waals surface area (Å²) in [6.07, 6.45) is -4.85. The molecule has 2 heterocycles. The van der Waals surface area contributed by atoms with Crippen molar-refractivity contribution in [3.63, 3.8) is 0 Å². The number of primary amides is 1. The number of thiophene rings is 1. The van der Waals surface area contributed by atoms with Crippen LogP contribution < -0.4 is 11.1 Å². The molecule has 0 aliphatic carbocycles. The normalized spacial score (nSPS) is 13.3. The highest BCUT2D eigenvalue weighted by atomic mass is 32.2. The van der Waals surface area contributed by atoms with Gasteiger partial charge in [-0.05, 0) is 19.9 Å². The number of carbonyl (C=O) groups is 2. The molecule has 2 amide bonds. The van der Waals surface area contributed by atoms with Crippen LogP contribution in [-0.2, 0) is 14.6 Å². The van der Waals surface area contributed by atoms with Gasteiger partial charge in [0.15, 0.2) is 5.03 Å². The number of nitrogens with zero attached hydrogens (tertiary/aromatic N) is 2. The fraction of sp³-hybridized carbons (Fsp3) is 0.333. The Bertz CT molecular complexity index is 1050. The number of alkyl halides is 3. The maximum Gasteiger partial charge on any atom is 0.275 e. The Balaban J connectivity index is 2.59. The number of sulfone groups is 1. The summed E-state index contributed by atoms with van der Waals surface area (Å²) < 4.78 is 64.3. The number of amides is 2. The molecule has 0 aromatic carbocycles. The summed E-state index contributed by atoms with van der Waals surface area (Å²) in [5, 5.41) is 10.5. The molecule has 1 unspecified atom stereocenters. The van der Waals surface area contributed by atoms with Crippen LogP contribution in [0.25, 0.3) is 0 Å². The van der Waals surface area contributed by atoms with Crippen molar-refractivity contribution in [3.05, 3.63) is 29.7 Å². The van der Waals surface area contributed by atoms with Gasteiger partial charge in [0.05, 0.1) is 5.56 Å². The van der Waals surface area contributed by atoms with Gasteiger partial charge in [0.25, 0.3) is 18.2 Å². The Kier molecular flexibility index (Phi) is 6.30. The third-order valence-electron chi connectivity index (χ3n) is 3.45. The molecule has 0 fully saturated rings. The molecule has 0 bridgehead atoms. The summed E-state index contributed by atoms with van der Waals surface area (Å²) in [6.45, 7) is 2.30. The van der Waals surface area contributed by atoms with E-state index in [1.165, 1.54) is 0 Å². The Hall–Kier alpha value is -2.58. The molecule has 14 heteroatoms. The molecule has 0 spiro atoms. The van der Waals surface area contributed by atoms with Crippen LogP contribution >= 0.6 is 11.3 Å². The van der Waals surface area contributed by atoms with Gasteiger partial charge in [0, 0.05) is 12.4 Å². The number of hydrogen-bond donors (Lipinski definition) is 3. The van der Waals surface area contributed by atoms with Crippen molar-refractivity contribution in [1.82, 2.24) is 9.97 Å². The van der Waals surface area contributed by atoms with Crippen molar-refractivity contribution in [1.29, 1.82) is 0 Å². The molecule has 158 valence electrons. The second-order valence-corrected chi connectivity index (χ2v) is 9.32. The number of aromatic nitrogens is 2. The van der Waals surface area contributed by atoms with Crippen molar-refractivity contribution >= 4 is 38.0 Å². The maximum absolute atomic E-state index is 13.8. The zero-order valence-corrected chi connectivity index (χ0v) is 16.5. The predicted octanol–water partition coefficient (Wildman–Crippen LogP) is 1.45. The average molecular weight is 452 g/mol. The van der Waals surface area contributed by atoms with E-state index < -0.39 is 60.3 Å². The number of aliphatic hydroxyl groups is 1. The Morgan fingerprint density at radius 2 is 1.83 bits per heavy atom. The van der Waals surface area contributed by atoms with E-state index in [1.54, 1.807) is 0 Å². The van der Waals surface area contributed by atoms with E-state index in [1.807, 2.05) is 0 Å². The highest BCUT2D eigenvalue weighted by Crippen LogP contribution is 2.37. The minimum atomic E-state index is -4.70. The van der Waals surface area contributed by atoms with E-state index in [4.69, 9.17) is 5.73 Å². The molecule has 0 radical (unpaired) electrons. The van der Waals surface area contributed by atoms with Gasteiger partial charge in [0.1, 0.15) is 20.5 Å². The van der Waals surface area contributed by atoms with E-state index in [0.29, 0.717) is 11.3 Å². The molecule has 0 saturated carbocycles. The molecule has 0 aliphatic heterocycles. The lowest BCUT2D eigenvalue weighted by Gasteiger charge is -2.16. The topological polar surface area (TPSA) is 152 Å². The van der Waals surface area contributed by atoms with E-state index in [9.17, 15) is 36.3 Å². The van der Waals surface area contributed by atoms with Crippen molar-refractivity contribution in [2.75, 3.05) is 5.32 Å². The molecule has 2 aromatic heterocycles. The predicted molar refractivity (Wildman–Crippen MR) is 95.1 cm³/mol.